The van der Waals surface area contributed by atoms with Crippen molar-refractivity contribution in [3.63, 3.8) is 0 Å². The van der Waals surface area contributed by atoms with E-state index < -0.39 is 0 Å². The zero-order valence-corrected chi connectivity index (χ0v) is 12.8. The summed E-state index contributed by atoms with van der Waals surface area (Å²) < 4.78 is 0. The first-order chi connectivity index (χ1) is 11.7. The minimum atomic E-state index is 0.621. The first kappa shape index (κ1) is 15.1. The number of nitrogens with zero attached hydrogens (tertiary/aromatic N) is 2. The van der Waals surface area contributed by atoms with E-state index in [1.54, 1.807) is 36.7 Å². The summed E-state index contributed by atoms with van der Waals surface area (Å²) in [7, 11) is 0. The molecule has 0 aliphatic heterocycles. The minimum absolute atomic E-state index is 0.621. The number of nitrogens with two attached hydrogens (primary N) is 2. The van der Waals surface area contributed by atoms with Crippen molar-refractivity contribution in [2.45, 2.75) is 0 Å². The Bertz CT molecular complexity index is 918. The molecule has 0 atom stereocenters. The highest BCUT2D eigenvalue weighted by Crippen LogP contribution is 2.08. The summed E-state index contributed by atoms with van der Waals surface area (Å²) in [6.07, 6.45) is 3.27. The fourth-order valence-electron chi connectivity index (χ4n) is 1.99. The van der Waals surface area contributed by atoms with Gasteiger partial charge in [-0.1, -0.05) is 24.0 Å². The van der Waals surface area contributed by atoms with Crippen molar-refractivity contribution in [1.29, 1.82) is 0 Å². The lowest BCUT2D eigenvalue weighted by Gasteiger charge is -1.96. The zero-order chi connectivity index (χ0) is 16.8. The molecular formula is C20H14N4. The van der Waals surface area contributed by atoms with E-state index in [9.17, 15) is 0 Å². The summed E-state index contributed by atoms with van der Waals surface area (Å²) in [6, 6.07) is 14.6. The Labute approximate surface area is 140 Å². The molecule has 0 aliphatic carbocycles. The predicted octanol–water partition coefficient (Wildman–Crippen LogP) is 2.44. The van der Waals surface area contributed by atoms with Crippen molar-refractivity contribution in [1.82, 2.24) is 9.97 Å². The van der Waals surface area contributed by atoms with Gasteiger partial charge in [0.1, 0.15) is 11.4 Å². The van der Waals surface area contributed by atoms with Crippen molar-refractivity contribution >= 4 is 11.4 Å². The number of pyridine rings is 2. The van der Waals surface area contributed by atoms with Crippen molar-refractivity contribution in [2.24, 2.45) is 0 Å². The number of hydrogen-bond acceptors (Lipinski definition) is 4. The molecule has 2 aromatic heterocycles. The van der Waals surface area contributed by atoms with E-state index in [0.29, 0.717) is 22.8 Å². The maximum atomic E-state index is 5.73. The van der Waals surface area contributed by atoms with Gasteiger partial charge in [-0.05, 0) is 48.2 Å². The van der Waals surface area contributed by atoms with E-state index >= 15 is 0 Å². The van der Waals surface area contributed by atoms with Gasteiger partial charge in [0.25, 0.3) is 0 Å². The Morgan fingerprint density at radius 1 is 0.625 bits per heavy atom. The maximum absolute atomic E-state index is 5.73. The van der Waals surface area contributed by atoms with Crippen molar-refractivity contribution in [2.75, 3.05) is 11.5 Å². The van der Waals surface area contributed by atoms with Gasteiger partial charge in [0.15, 0.2) is 0 Å². The lowest BCUT2D eigenvalue weighted by atomic mass is 10.1. The van der Waals surface area contributed by atoms with Crippen molar-refractivity contribution in [3.05, 3.63) is 83.4 Å². The maximum Gasteiger partial charge on any atom is 0.115 e. The third-order valence-electron chi connectivity index (χ3n) is 3.15. The molecule has 2 heterocycles. The van der Waals surface area contributed by atoms with Gasteiger partial charge >= 0.3 is 0 Å². The summed E-state index contributed by atoms with van der Waals surface area (Å²) in [5.74, 6) is 12.2. The third kappa shape index (κ3) is 3.91. The Kier molecular flexibility index (Phi) is 4.42. The van der Waals surface area contributed by atoms with Crippen LogP contribution in [0.1, 0.15) is 22.5 Å². The Balaban J connectivity index is 1.93. The summed E-state index contributed by atoms with van der Waals surface area (Å²) in [4.78, 5) is 8.35. The molecule has 3 rings (SSSR count). The van der Waals surface area contributed by atoms with Crippen LogP contribution in [0.2, 0.25) is 0 Å². The van der Waals surface area contributed by atoms with Crippen LogP contribution in [0.15, 0.2) is 60.9 Å². The van der Waals surface area contributed by atoms with Gasteiger partial charge < -0.3 is 11.5 Å². The first-order valence-corrected chi connectivity index (χ1v) is 7.27. The van der Waals surface area contributed by atoms with Crippen LogP contribution in [-0.4, -0.2) is 9.97 Å². The van der Waals surface area contributed by atoms with Crippen LogP contribution in [0, 0.1) is 23.7 Å². The second-order valence-electron chi connectivity index (χ2n) is 4.99. The molecule has 114 valence electrons. The Hall–Kier alpha value is -3.76. The van der Waals surface area contributed by atoms with E-state index in [0.717, 1.165) is 11.1 Å². The van der Waals surface area contributed by atoms with E-state index in [-0.39, 0.29) is 0 Å². The number of rotatable bonds is 0. The number of aromatic nitrogens is 2. The fourth-order valence-corrected chi connectivity index (χ4v) is 1.99. The molecule has 0 fully saturated rings. The first-order valence-electron chi connectivity index (χ1n) is 7.27. The van der Waals surface area contributed by atoms with Gasteiger partial charge in [-0.25, -0.2) is 9.97 Å². The van der Waals surface area contributed by atoms with Gasteiger partial charge in [-0.15, -0.1) is 0 Å². The highest BCUT2D eigenvalue weighted by molar-refractivity contribution is 5.54. The summed E-state index contributed by atoms with van der Waals surface area (Å²) >= 11 is 0. The molecule has 1 aromatic carbocycles. The van der Waals surface area contributed by atoms with Crippen molar-refractivity contribution < 1.29 is 0 Å². The summed E-state index contributed by atoms with van der Waals surface area (Å²) in [5, 5.41) is 0. The SMILES string of the molecule is Nc1ccnc(C#Cc2ccccc2C#Cc2cc(N)ccn2)c1. The van der Waals surface area contributed by atoms with Gasteiger partial charge in [0.05, 0.1) is 0 Å². The highest BCUT2D eigenvalue weighted by atomic mass is 14.7. The normalized spacial score (nSPS) is 9.33. The fraction of sp³-hybridized carbons (Fsp3) is 0. The van der Waals surface area contributed by atoms with Crippen LogP contribution in [0.3, 0.4) is 0 Å². The largest absolute Gasteiger partial charge is 0.399 e. The number of nitrogen functional groups attached to an aromatic ring is 2. The summed E-state index contributed by atoms with van der Waals surface area (Å²) in [6.45, 7) is 0. The summed E-state index contributed by atoms with van der Waals surface area (Å²) in [5.41, 5.74) is 15.6. The molecule has 0 unspecified atom stereocenters. The Morgan fingerprint density at radius 3 is 1.50 bits per heavy atom. The van der Waals surface area contributed by atoms with Crippen LogP contribution < -0.4 is 11.5 Å². The average Bonchev–Trinajstić information content (AvgIpc) is 2.59. The van der Waals surface area contributed by atoms with Gasteiger partial charge in [0, 0.05) is 34.9 Å². The molecule has 0 aliphatic rings. The van der Waals surface area contributed by atoms with Crippen LogP contribution in [0.5, 0.6) is 0 Å². The smallest absolute Gasteiger partial charge is 0.115 e. The monoisotopic (exact) mass is 310 g/mol. The molecule has 3 aromatic rings. The molecule has 0 saturated heterocycles. The third-order valence-corrected chi connectivity index (χ3v) is 3.15. The Morgan fingerprint density at radius 2 is 1.08 bits per heavy atom. The number of hydrogen-bond donors (Lipinski definition) is 2. The molecule has 0 saturated carbocycles. The standard InChI is InChI=1S/C20H14N4/c21-17-9-11-23-19(13-17)7-5-15-3-1-2-4-16(15)6-8-20-14-18(22)10-12-24-20/h1-4,9-14H,(H2,21,23)(H2,22,24). The van der Waals surface area contributed by atoms with Crippen molar-refractivity contribution in [3.8, 4) is 23.7 Å². The van der Waals surface area contributed by atoms with Gasteiger partial charge in [-0.2, -0.15) is 0 Å². The van der Waals surface area contributed by atoms with Gasteiger partial charge in [0.2, 0.25) is 0 Å². The lowest BCUT2D eigenvalue weighted by molar-refractivity contribution is 1.29. The predicted molar refractivity (Wildman–Crippen MR) is 95.7 cm³/mol. The van der Waals surface area contributed by atoms with Gasteiger partial charge in [-0.3, -0.25) is 0 Å². The topological polar surface area (TPSA) is 77.8 Å². The average molecular weight is 310 g/mol. The van der Waals surface area contributed by atoms with Crippen LogP contribution in [-0.2, 0) is 0 Å². The molecule has 0 spiro atoms. The molecule has 0 amide bonds. The minimum Gasteiger partial charge on any atom is -0.399 e. The molecule has 24 heavy (non-hydrogen) atoms. The van der Waals surface area contributed by atoms with Crippen LogP contribution in [0.4, 0.5) is 11.4 Å². The molecule has 4 N–H and O–H groups in total. The molecule has 0 bridgehead atoms. The molecule has 0 radical (unpaired) electrons. The lowest BCUT2D eigenvalue weighted by Crippen LogP contribution is -1.89. The second kappa shape index (κ2) is 7.00. The molecule has 4 nitrogen and oxygen atoms in total. The zero-order valence-electron chi connectivity index (χ0n) is 12.8. The molecule has 4 heteroatoms. The second-order valence-corrected chi connectivity index (χ2v) is 4.99. The quantitative estimate of drug-likeness (QED) is 0.625. The number of anilines is 2. The van der Waals surface area contributed by atoms with E-state index in [1.165, 1.54) is 0 Å². The van der Waals surface area contributed by atoms with E-state index in [2.05, 4.69) is 33.6 Å². The molecular weight excluding hydrogens is 296 g/mol. The van der Waals surface area contributed by atoms with Crippen LogP contribution >= 0.6 is 0 Å². The highest BCUT2D eigenvalue weighted by Gasteiger charge is 1.96. The van der Waals surface area contributed by atoms with E-state index in [1.807, 2.05) is 24.3 Å². The van der Waals surface area contributed by atoms with E-state index in [4.69, 9.17) is 11.5 Å². The number of benzene rings is 1. The van der Waals surface area contributed by atoms with Crippen LogP contribution in [0.25, 0.3) is 0 Å².